The largest absolute Gasteiger partial charge is 0.389 e. The molecule has 0 aromatic heterocycles. The van der Waals surface area contributed by atoms with Crippen molar-refractivity contribution in [3.8, 4) is 0 Å². The number of thioether (sulfide) groups is 1. The Hall–Kier alpha value is 0.0600. The van der Waals surface area contributed by atoms with Gasteiger partial charge >= 0.3 is 6.18 Å². The zero-order chi connectivity index (χ0) is 13.4. The smallest absolute Gasteiger partial charge is 0.271 e. The highest BCUT2D eigenvalue weighted by molar-refractivity contribution is 7.99. The van der Waals surface area contributed by atoms with Crippen LogP contribution in [-0.2, 0) is 0 Å². The molecule has 0 spiro atoms. The standard InChI is InChI=1S/C12H23F3N2S/c13-12(14,15)8-4-5-10(17-16)9-18-11-6-2-1-3-7-11/h10-11,17H,1-9,16H2. The van der Waals surface area contributed by atoms with Gasteiger partial charge in [0.25, 0.3) is 0 Å². The molecule has 0 amide bonds. The summed E-state index contributed by atoms with van der Waals surface area (Å²) in [5.74, 6) is 6.21. The number of rotatable bonds is 7. The van der Waals surface area contributed by atoms with E-state index in [1.165, 1.54) is 32.1 Å². The fourth-order valence-corrected chi connectivity index (χ4v) is 3.68. The number of halogens is 3. The van der Waals surface area contributed by atoms with Gasteiger partial charge in [0.15, 0.2) is 0 Å². The molecule has 1 aliphatic carbocycles. The molecule has 0 aliphatic heterocycles. The summed E-state index contributed by atoms with van der Waals surface area (Å²) in [4.78, 5) is 0. The molecule has 1 aliphatic rings. The summed E-state index contributed by atoms with van der Waals surface area (Å²) in [6, 6.07) is -0.000670. The van der Waals surface area contributed by atoms with Gasteiger partial charge in [-0.05, 0) is 25.7 Å². The van der Waals surface area contributed by atoms with Crippen LogP contribution in [0.2, 0.25) is 0 Å². The van der Waals surface area contributed by atoms with Crippen LogP contribution >= 0.6 is 11.8 Å². The van der Waals surface area contributed by atoms with Crippen molar-refractivity contribution in [3.63, 3.8) is 0 Å². The average Bonchev–Trinajstić information content (AvgIpc) is 2.33. The molecule has 2 nitrogen and oxygen atoms in total. The first kappa shape index (κ1) is 16.1. The molecule has 1 atom stereocenters. The maximum Gasteiger partial charge on any atom is 0.389 e. The minimum Gasteiger partial charge on any atom is -0.271 e. The number of nitrogens with two attached hydrogens (primary N) is 1. The normalized spacial score (nSPS) is 20.0. The van der Waals surface area contributed by atoms with E-state index in [-0.39, 0.29) is 12.5 Å². The second-order valence-corrected chi connectivity index (χ2v) is 6.30. The molecule has 0 saturated heterocycles. The summed E-state index contributed by atoms with van der Waals surface area (Å²) in [5.41, 5.74) is 2.64. The van der Waals surface area contributed by atoms with Gasteiger partial charge in [-0.3, -0.25) is 11.3 Å². The molecule has 1 rings (SSSR count). The summed E-state index contributed by atoms with van der Waals surface area (Å²) in [7, 11) is 0. The van der Waals surface area contributed by atoms with Crippen molar-refractivity contribution in [1.29, 1.82) is 0 Å². The van der Waals surface area contributed by atoms with Gasteiger partial charge in [0, 0.05) is 23.5 Å². The van der Waals surface area contributed by atoms with Crippen molar-refractivity contribution in [3.05, 3.63) is 0 Å². The third-order valence-electron chi connectivity index (χ3n) is 3.33. The molecule has 18 heavy (non-hydrogen) atoms. The topological polar surface area (TPSA) is 38.0 Å². The van der Waals surface area contributed by atoms with E-state index >= 15 is 0 Å². The molecule has 0 radical (unpaired) electrons. The number of hydrogen-bond donors (Lipinski definition) is 2. The summed E-state index contributed by atoms with van der Waals surface area (Å²) < 4.78 is 36.1. The Morgan fingerprint density at radius 3 is 2.44 bits per heavy atom. The highest BCUT2D eigenvalue weighted by Gasteiger charge is 2.26. The highest BCUT2D eigenvalue weighted by Crippen LogP contribution is 2.29. The third-order valence-corrected chi connectivity index (χ3v) is 4.87. The van der Waals surface area contributed by atoms with Crippen LogP contribution in [-0.4, -0.2) is 23.2 Å². The zero-order valence-corrected chi connectivity index (χ0v) is 11.5. The molecule has 0 aromatic carbocycles. The molecular formula is C12H23F3N2S. The molecule has 1 fully saturated rings. The van der Waals surface area contributed by atoms with E-state index in [2.05, 4.69) is 5.43 Å². The van der Waals surface area contributed by atoms with Crippen molar-refractivity contribution >= 4 is 11.8 Å². The van der Waals surface area contributed by atoms with Gasteiger partial charge in [-0.15, -0.1) is 0 Å². The number of alkyl halides is 3. The van der Waals surface area contributed by atoms with Gasteiger partial charge in [0.1, 0.15) is 0 Å². The monoisotopic (exact) mass is 284 g/mol. The lowest BCUT2D eigenvalue weighted by atomic mass is 10.0. The van der Waals surface area contributed by atoms with Crippen molar-refractivity contribution in [2.24, 2.45) is 5.84 Å². The van der Waals surface area contributed by atoms with Crippen LogP contribution in [0, 0.1) is 0 Å². The fraction of sp³-hybridized carbons (Fsp3) is 1.00. The lowest BCUT2D eigenvalue weighted by Crippen LogP contribution is -2.37. The predicted octanol–water partition coefficient (Wildman–Crippen LogP) is 3.62. The van der Waals surface area contributed by atoms with E-state index in [4.69, 9.17) is 5.84 Å². The van der Waals surface area contributed by atoms with Crippen LogP contribution < -0.4 is 11.3 Å². The molecule has 3 N–H and O–H groups in total. The molecule has 0 aromatic rings. The third kappa shape index (κ3) is 7.48. The van der Waals surface area contributed by atoms with Crippen LogP contribution in [0.1, 0.15) is 51.4 Å². The molecule has 108 valence electrons. The van der Waals surface area contributed by atoms with Gasteiger partial charge in [0.05, 0.1) is 0 Å². The molecule has 0 bridgehead atoms. The molecule has 1 unspecified atom stereocenters. The first-order valence-corrected chi connectivity index (χ1v) is 7.70. The van der Waals surface area contributed by atoms with E-state index in [1.54, 1.807) is 0 Å². The van der Waals surface area contributed by atoms with Crippen molar-refractivity contribution < 1.29 is 13.2 Å². The highest BCUT2D eigenvalue weighted by atomic mass is 32.2. The van der Waals surface area contributed by atoms with E-state index in [0.29, 0.717) is 11.7 Å². The Labute approximate surface area is 111 Å². The lowest BCUT2D eigenvalue weighted by molar-refractivity contribution is -0.135. The maximum atomic E-state index is 12.0. The van der Waals surface area contributed by atoms with Crippen molar-refractivity contribution in [2.45, 2.75) is 68.8 Å². The van der Waals surface area contributed by atoms with E-state index in [0.717, 1.165) is 5.75 Å². The van der Waals surface area contributed by atoms with Crippen LogP contribution in [0.4, 0.5) is 13.2 Å². The summed E-state index contributed by atoms with van der Waals surface area (Å²) >= 11 is 1.86. The fourth-order valence-electron chi connectivity index (χ4n) is 2.25. The van der Waals surface area contributed by atoms with Gasteiger partial charge in [-0.25, -0.2) is 0 Å². The second-order valence-electron chi connectivity index (χ2n) is 4.96. The van der Waals surface area contributed by atoms with Crippen molar-refractivity contribution in [2.75, 3.05) is 5.75 Å². The van der Waals surface area contributed by atoms with Crippen molar-refractivity contribution in [1.82, 2.24) is 5.43 Å². The quantitative estimate of drug-likeness (QED) is 0.554. The van der Waals surface area contributed by atoms with Gasteiger partial charge < -0.3 is 0 Å². The summed E-state index contributed by atoms with van der Waals surface area (Å²) in [5, 5.41) is 0.678. The first-order chi connectivity index (χ1) is 8.51. The Bertz CT molecular complexity index is 218. The van der Waals surface area contributed by atoms with Gasteiger partial charge in [-0.2, -0.15) is 24.9 Å². The summed E-state index contributed by atoms with van der Waals surface area (Å²) in [6.07, 6.45) is 2.27. The first-order valence-electron chi connectivity index (χ1n) is 6.66. The zero-order valence-electron chi connectivity index (χ0n) is 10.6. The average molecular weight is 284 g/mol. The second kappa shape index (κ2) is 8.27. The molecule has 0 heterocycles. The SMILES string of the molecule is NNC(CCCC(F)(F)F)CSC1CCCCC1. The Morgan fingerprint density at radius 2 is 1.89 bits per heavy atom. The molecular weight excluding hydrogens is 261 g/mol. The minimum atomic E-state index is -4.05. The number of nitrogens with one attached hydrogen (secondary N) is 1. The minimum absolute atomic E-state index is 0.000670. The van der Waals surface area contributed by atoms with E-state index in [1.807, 2.05) is 11.8 Å². The molecule has 6 heteroatoms. The Morgan fingerprint density at radius 1 is 1.22 bits per heavy atom. The summed E-state index contributed by atoms with van der Waals surface area (Å²) in [6.45, 7) is 0. The number of hydrogen-bond acceptors (Lipinski definition) is 3. The van der Waals surface area contributed by atoms with Gasteiger partial charge in [0.2, 0.25) is 0 Å². The predicted molar refractivity (Wildman–Crippen MR) is 70.3 cm³/mol. The Kier molecular flexibility index (Phi) is 7.41. The lowest BCUT2D eigenvalue weighted by Gasteiger charge is -2.23. The van der Waals surface area contributed by atoms with E-state index in [9.17, 15) is 13.2 Å². The van der Waals surface area contributed by atoms with Crippen LogP contribution in [0.5, 0.6) is 0 Å². The Balaban J connectivity index is 2.12. The van der Waals surface area contributed by atoms with Gasteiger partial charge in [-0.1, -0.05) is 19.3 Å². The van der Waals surface area contributed by atoms with Crippen LogP contribution in [0.25, 0.3) is 0 Å². The number of hydrazine groups is 1. The van der Waals surface area contributed by atoms with Crippen LogP contribution in [0.15, 0.2) is 0 Å². The maximum absolute atomic E-state index is 12.0. The van der Waals surface area contributed by atoms with Crippen LogP contribution in [0.3, 0.4) is 0 Å². The molecule has 1 saturated carbocycles. The van der Waals surface area contributed by atoms with E-state index < -0.39 is 12.6 Å².